The van der Waals surface area contributed by atoms with Crippen LogP contribution in [0.2, 0.25) is 0 Å². The first-order valence-corrected chi connectivity index (χ1v) is 10.3. The third-order valence-corrected chi connectivity index (χ3v) is 6.23. The lowest BCUT2D eigenvalue weighted by atomic mass is 10.1. The van der Waals surface area contributed by atoms with Gasteiger partial charge in [0.05, 0.1) is 37.4 Å². The smallest absolute Gasteiger partial charge is 0.259 e. The van der Waals surface area contributed by atoms with Crippen LogP contribution in [0.4, 0.5) is 5.13 Å². The quantitative estimate of drug-likeness (QED) is 0.432. The Balaban J connectivity index is 1.58. The van der Waals surface area contributed by atoms with Crippen molar-refractivity contribution in [1.29, 1.82) is 0 Å². The summed E-state index contributed by atoms with van der Waals surface area (Å²) >= 11 is 3.01. The number of hydrogen-bond donors (Lipinski definition) is 1. The fourth-order valence-corrected chi connectivity index (χ4v) is 4.72. The molecule has 0 bridgehead atoms. The van der Waals surface area contributed by atoms with Crippen LogP contribution in [0.5, 0.6) is 0 Å². The third-order valence-electron chi connectivity index (χ3n) is 4.40. The van der Waals surface area contributed by atoms with E-state index in [1.54, 1.807) is 24.3 Å². The minimum Gasteiger partial charge on any atom is -0.335 e. The Hall–Kier alpha value is -3.10. The van der Waals surface area contributed by atoms with Crippen molar-refractivity contribution in [2.24, 2.45) is 0 Å². The maximum Gasteiger partial charge on any atom is 0.259 e. The maximum absolute atomic E-state index is 13.1. The molecule has 5 rings (SSSR count). The van der Waals surface area contributed by atoms with Crippen LogP contribution in [0, 0.1) is 13.8 Å². The molecule has 1 amide bonds. The molecule has 8 heteroatoms. The summed E-state index contributed by atoms with van der Waals surface area (Å²) in [4.78, 5) is 23.1. The number of fused-ring (bicyclic) bond motifs is 2. The first kappa shape index (κ1) is 17.0. The van der Waals surface area contributed by atoms with Gasteiger partial charge in [-0.25, -0.2) is 9.97 Å². The number of pyridine rings is 1. The Morgan fingerprint density at radius 3 is 2.86 bits per heavy atom. The number of thiophene rings is 1. The second kappa shape index (κ2) is 6.50. The van der Waals surface area contributed by atoms with Gasteiger partial charge in [-0.3, -0.25) is 10.1 Å². The number of nitrogens with one attached hydrogen (secondary N) is 1. The third kappa shape index (κ3) is 2.87. The zero-order valence-electron chi connectivity index (χ0n) is 15.0. The monoisotopic (exact) mass is 406 g/mol. The van der Waals surface area contributed by atoms with Crippen molar-refractivity contribution < 1.29 is 9.32 Å². The molecule has 0 fully saturated rings. The Bertz CT molecular complexity index is 1340. The number of rotatable bonds is 3. The summed E-state index contributed by atoms with van der Waals surface area (Å²) in [6.45, 7) is 3.83. The number of aromatic nitrogens is 3. The number of carbonyl (C=O) groups excluding carboxylic acids is 1. The topological polar surface area (TPSA) is 80.9 Å². The minimum absolute atomic E-state index is 0.257. The number of thiazole rings is 1. The van der Waals surface area contributed by atoms with Gasteiger partial charge < -0.3 is 4.52 Å². The largest absolute Gasteiger partial charge is 0.335 e. The van der Waals surface area contributed by atoms with Crippen LogP contribution < -0.4 is 5.32 Å². The van der Waals surface area contributed by atoms with Gasteiger partial charge in [-0.05, 0) is 49.1 Å². The van der Waals surface area contributed by atoms with Crippen LogP contribution in [-0.4, -0.2) is 21.0 Å². The number of carbonyl (C=O) groups is 1. The van der Waals surface area contributed by atoms with Gasteiger partial charge in [0, 0.05) is 0 Å². The lowest BCUT2D eigenvalue weighted by Crippen LogP contribution is -2.12. The number of anilines is 1. The van der Waals surface area contributed by atoms with Gasteiger partial charge in [0.1, 0.15) is 0 Å². The number of aryl methyl sites for hydroxylation is 2. The van der Waals surface area contributed by atoms with Crippen molar-refractivity contribution in [2.75, 3.05) is 5.32 Å². The van der Waals surface area contributed by atoms with E-state index in [2.05, 4.69) is 26.5 Å². The van der Waals surface area contributed by atoms with Crippen LogP contribution in [0.15, 0.2) is 46.3 Å². The predicted molar refractivity (Wildman–Crippen MR) is 112 cm³/mol. The molecule has 4 heterocycles. The molecule has 0 unspecified atom stereocenters. The molecule has 6 nitrogen and oxygen atoms in total. The Morgan fingerprint density at radius 1 is 1.14 bits per heavy atom. The van der Waals surface area contributed by atoms with Crippen molar-refractivity contribution in [1.82, 2.24) is 15.1 Å². The maximum atomic E-state index is 13.1. The average molecular weight is 406 g/mol. The molecule has 0 saturated carbocycles. The van der Waals surface area contributed by atoms with E-state index in [1.807, 2.05) is 36.6 Å². The van der Waals surface area contributed by atoms with E-state index in [9.17, 15) is 4.79 Å². The molecule has 0 aliphatic carbocycles. The summed E-state index contributed by atoms with van der Waals surface area (Å²) in [6.07, 6.45) is 0. The van der Waals surface area contributed by atoms with Crippen molar-refractivity contribution in [2.45, 2.75) is 13.8 Å². The molecule has 0 saturated heterocycles. The average Bonchev–Trinajstić information content (AvgIpc) is 3.41. The van der Waals surface area contributed by atoms with Gasteiger partial charge in [0.2, 0.25) is 0 Å². The predicted octanol–water partition coefficient (Wildman–Crippen LogP) is 5.43. The number of nitrogens with zero attached hydrogens (tertiary/aromatic N) is 3. The summed E-state index contributed by atoms with van der Waals surface area (Å²) in [5.41, 5.74) is 4.17. The van der Waals surface area contributed by atoms with E-state index in [-0.39, 0.29) is 5.91 Å². The summed E-state index contributed by atoms with van der Waals surface area (Å²) in [5.74, 6) is -0.257. The molecule has 1 aromatic carbocycles. The SMILES string of the molecule is Cc1ccc2nc(NC(=O)c3cc(-c4cccs4)nc4onc(C)c34)sc2c1. The van der Waals surface area contributed by atoms with Crippen LogP contribution in [0.25, 0.3) is 31.9 Å². The molecule has 0 aliphatic heterocycles. The van der Waals surface area contributed by atoms with Gasteiger partial charge in [-0.15, -0.1) is 11.3 Å². The Morgan fingerprint density at radius 2 is 2.04 bits per heavy atom. The van der Waals surface area contributed by atoms with Crippen LogP contribution in [0.1, 0.15) is 21.6 Å². The molecule has 4 aromatic heterocycles. The van der Waals surface area contributed by atoms with Gasteiger partial charge in [-0.1, -0.05) is 28.6 Å². The van der Waals surface area contributed by atoms with Gasteiger partial charge >= 0.3 is 0 Å². The summed E-state index contributed by atoms with van der Waals surface area (Å²) < 4.78 is 6.38. The summed E-state index contributed by atoms with van der Waals surface area (Å²) in [6, 6.07) is 11.7. The molecule has 28 heavy (non-hydrogen) atoms. The number of hydrogen-bond acceptors (Lipinski definition) is 7. The van der Waals surface area contributed by atoms with Crippen molar-refractivity contribution in [3.63, 3.8) is 0 Å². The van der Waals surface area contributed by atoms with E-state index in [0.29, 0.717) is 33.2 Å². The van der Waals surface area contributed by atoms with E-state index in [4.69, 9.17) is 4.52 Å². The Kier molecular flexibility index (Phi) is 3.96. The Labute approximate surface area is 167 Å². The van der Waals surface area contributed by atoms with Crippen molar-refractivity contribution in [3.05, 3.63) is 58.6 Å². The van der Waals surface area contributed by atoms with Crippen molar-refractivity contribution >= 4 is 55.0 Å². The van der Waals surface area contributed by atoms with Crippen molar-refractivity contribution in [3.8, 4) is 10.6 Å². The highest BCUT2D eigenvalue weighted by Crippen LogP contribution is 2.31. The number of benzene rings is 1. The molecule has 0 aliphatic rings. The van der Waals surface area contributed by atoms with E-state index in [0.717, 1.165) is 20.7 Å². The van der Waals surface area contributed by atoms with Gasteiger partial charge in [0.25, 0.3) is 11.6 Å². The molecular formula is C20H14N4O2S2. The highest BCUT2D eigenvalue weighted by molar-refractivity contribution is 7.22. The first-order chi connectivity index (χ1) is 13.6. The highest BCUT2D eigenvalue weighted by atomic mass is 32.1. The second-order valence-electron chi connectivity index (χ2n) is 6.42. The number of amides is 1. The fourth-order valence-electron chi connectivity index (χ4n) is 3.07. The standard InChI is InChI=1S/C20H14N4O2S2/c1-10-5-6-13-16(8-10)28-20(22-13)23-18(25)12-9-14(15-4-3-7-27-15)21-19-17(12)11(2)24-26-19/h3-9H,1-2H3,(H,22,23,25). The molecule has 138 valence electrons. The molecule has 0 atom stereocenters. The lowest BCUT2D eigenvalue weighted by molar-refractivity contribution is 0.102. The zero-order chi connectivity index (χ0) is 19.3. The van der Waals surface area contributed by atoms with Crippen LogP contribution >= 0.6 is 22.7 Å². The highest BCUT2D eigenvalue weighted by Gasteiger charge is 2.20. The molecule has 0 radical (unpaired) electrons. The normalized spacial score (nSPS) is 11.4. The van der Waals surface area contributed by atoms with E-state index in [1.165, 1.54) is 11.3 Å². The van der Waals surface area contributed by atoms with E-state index >= 15 is 0 Å². The van der Waals surface area contributed by atoms with E-state index < -0.39 is 0 Å². The fraction of sp³-hybridized carbons (Fsp3) is 0.100. The van der Waals surface area contributed by atoms with Gasteiger partial charge in [-0.2, -0.15) is 0 Å². The van der Waals surface area contributed by atoms with Crippen LogP contribution in [-0.2, 0) is 0 Å². The van der Waals surface area contributed by atoms with Crippen LogP contribution in [0.3, 0.4) is 0 Å². The lowest BCUT2D eigenvalue weighted by Gasteiger charge is -2.05. The molecule has 5 aromatic rings. The zero-order valence-corrected chi connectivity index (χ0v) is 16.6. The summed E-state index contributed by atoms with van der Waals surface area (Å²) in [5, 5.41) is 10.1. The molecular weight excluding hydrogens is 392 g/mol. The second-order valence-corrected chi connectivity index (χ2v) is 8.40. The summed E-state index contributed by atoms with van der Waals surface area (Å²) in [7, 11) is 0. The molecule has 1 N–H and O–H groups in total. The first-order valence-electron chi connectivity index (χ1n) is 8.58. The molecule has 0 spiro atoms. The minimum atomic E-state index is -0.257. The van der Waals surface area contributed by atoms with Gasteiger partial charge in [0.15, 0.2) is 5.13 Å².